The molecule has 3 aliphatic heterocycles. The van der Waals surface area contributed by atoms with Crippen molar-refractivity contribution in [2.75, 3.05) is 26.2 Å². The summed E-state index contributed by atoms with van der Waals surface area (Å²) < 4.78 is 6.50. The number of carbonyl (C=O) groups excluding carboxylic acids is 3. The lowest BCUT2D eigenvalue weighted by Gasteiger charge is -2.43. The average Bonchev–Trinajstić information content (AvgIpc) is 3.42. The fourth-order valence-electron chi connectivity index (χ4n) is 6.11. The molecule has 0 aromatic rings. The highest BCUT2D eigenvalue weighted by Gasteiger charge is 2.75. The molecule has 0 saturated carbocycles. The molecule has 3 saturated heterocycles. The number of carbonyl (C=O) groups is 3. The molecule has 0 aliphatic carbocycles. The Balaban J connectivity index is 2.08. The van der Waals surface area contributed by atoms with Crippen molar-refractivity contribution in [1.82, 2.24) is 14.7 Å². The van der Waals surface area contributed by atoms with Crippen LogP contribution in [-0.4, -0.2) is 93.1 Å². The second-order valence-corrected chi connectivity index (χ2v) is 10.8. The molecule has 34 heavy (non-hydrogen) atoms. The largest absolute Gasteiger partial charge is 0.394 e. The van der Waals surface area contributed by atoms with Crippen molar-refractivity contribution in [3.05, 3.63) is 25.3 Å². The van der Waals surface area contributed by atoms with Crippen LogP contribution in [0.15, 0.2) is 25.3 Å². The predicted molar refractivity (Wildman–Crippen MR) is 130 cm³/mol. The third kappa shape index (κ3) is 4.09. The van der Waals surface area contributed by atoms with Crippen molar-refractivity contribution in [3.8, 4) is 0 Å². The van der Waals surface area contributed by atoms with Crippen LogP contribution in [0.4, 0.5) is 0 Å². The van der Waals surface area contributed by atoms with E-state index in [0.29, 0.717) is 32.5 Å². The zero-order chi connectivity index (χ0) is 25.4. The molecule has 0 aromatic carbocycles. The zero-order valence-corrected chi connectivity index (χ0v) is 21.3. The number of amides is 3. The minimum Gasteiger partial charge on any atom is -0.394 e. The van der Waals surface area contributed by atoms with E-state index in [1.165, 1.54) is 4.90 Å². The SMILES string of the molecule is C=CCN(CCC)C(=O)[C@@H]1[C@H]2C(=O)N([C@H](C)CO)C(C(=O)N(CC=C)C(C)(C)C)C23CC[C@H]1O3. The van der Waals surface area contributed by atoms with Gasteiger partial charge in [-0.25, -0.2) is 0 Å². The van der Waals surface area contributed by atoms with Gasteiger partial charge in [0.05, 0.1) is 30.6 Å². The summed E-state index contributed by atoms with van der Waals surface area (Å²) in [7, 11) is 0. The van der Waals surface area contributed by atoms with Crippen LogP contribution in [0.25, 0.3) is 0 Å². The first kappa shape index (κ1) is 26.4. The Morgan fingerprint density at radius 1 is 1.26 bits per heavy atom. The highest BCUT2D eigenvalue weighted by molar-refractivity contribution is 5.99. The van der Waals surface area contributed by atoms with E-state index in [1.54, 1.807) is 28.9 Å². The molecule has 3 rings (SSSR count). The van der Waals surface area contributed by atoms with Crippen molar-refractivity contribution in [2.24, 2.45) is 11.8 Å². The molecule has 8 heteroatoms. The van der Waals surface area contributed by atoms with E-state index in [4.69, 9.17) is 4.74 Å². The Labute approximate surface area is 203 Å². The van der Waals surface area contributed by atoms with E-state index in [0.717, 1.165) is 6.42 Å². The normalized spacial score (nSPS) is 30.8. The van der Waals surface area contributed by atoms with Crippen molar-refractivity contribution in [3.63, 3.8) is 0 Å². The van der Waals surface area contributed by atoms with Gasteiger partial charge in [0.15, 0.2) is 0 Å². The molecule has 8 nitrogen and oxygen atoms in total. The highest BCUT2D eigenvalue weighted by Crippen LogP contribution is 2.59. The van der Waals surface area contributed by atoms with E-state index in [9.17, 15) is 19.5 Å². The molecule has 2 bridgehead atoms. The van der Waals surface area contributed by atoms with Crippen LogP contribution in [0.3, 0.4) is 0 Å². The molecule has 0 radical (unpaired) electrons. The number of hydrogen-bond donors (Lipinski definition) is 1. The smallest absolute Gasteiger partial charge is 0.249 e. The molecule has 1 N–H and O–H groups in total. The van der Waals surface area contributed by atoms with Gasteiger partial charge < -0.3 is 24.5 Å². The average molecular weight is 476 g/mol. The van der Waals surface area contributed by atoms with Crippen LogP contribution in [-0.2, 0) is 19.1 Å². The maximum absolute atomic E-state index is 14.1. The van der Waals surface area contributed by atoms with Crippen LogP contribution in [0.5, 0.6) is 0 Å². The molecule has 6 atom stereocenters. The fourth-order valence-corrected chi connectivity index (χ4v) is 6.11. The fraction of sp³-hybridized carbons (Fsp3) is 0.731. The number of aliphatic hydroxyl groups excluding tert-OH is 1. The highest BCUT2D eigenvalue weighted by atomic mass is 16.5. The Morgan fingerprint density at radius 3 is 2.44 bits per heavy atom. The number of rotatable bonds is 10. The van der Waals surface area contributed by atoms with E-state index in [-0.39, 0.29) is 24.3 Å². The van der Waals surface area contributed by atoms with E-state index < -0.39 is 41.2 Å². The third-order valence-electron chi connectivity index (χ3n) is 7.54. The molecule has 3 aliphatic rings. The Morgan fingerprint density at radius 2 is 1.91 bits per heavy atom. The van der Waals surface area contributed by atoms with Crippen molar-refractivity contribution >= 4 is 17.7 Å². The molecule has 3 heterocycles. The van der Waals surface area contributed by atoms with Crippen LogP contribution in [0.2, 0.25) is 0 Å². The molecule has 190 valence electrons. The standard InChI is InChI=1S/C26H41N3O5/c1-8-13-27(14-9-2)22(31)19-18-11-12-26(34-18)20(19)23(32)29(17(4)16-30)21(26)24(33)28(15-10-3)25(5,6)7/h8,10,17-21,30H,1,3,9,11-16H2,2,4-7H3/t17-,18-,19+,20+,21?,26?/m1/s1. The van der Waals surface area contributed by atoms with Gasteiger partial charge in [0.2, 0.25) is 17.7 Å². The lowest BCUT2D eigenvalue weighted by molar-refractivity contribution is -0.154. The monoisotopic (exact) mass is 475 g/mol. The summed E-state index contributed by atoms with van der Waals surface area (Å²) in [4.78, 5) is 46.7. The van der Waals surface area contributed by atoms with Gasteiger partial charge in [0, 0.05) is 25.2 Å². The maximum atomic E-state index is 14.1. The third-order valence-corrected chi connectivity index (χ3v) is 7.54. The molecule has 1 spiro atoms. The number of ether oxygens (including phenoxy) is 1. The first-order chi connectivity index (χ1) is 16.0. The Kier molecular flexibility index (Phi) is 7.63. The lowest BCUT2D eigenvalue weighted by atomic mass is 9.70. The summed E-state index contributed by atoms with van der Waals surface area (Å²) in [6, 6.07) is -1.47. The summed E-state index contributed by atoms with van der Waals surface area (Å²) in [5, 5.41) is 9.99. The Hall–Kier alpha value is -2.19. The molecular formula is C26H41N3O5. The first-order valence-corrected chi connectivity index (χ1v) is 12.4. The van der Waals surface area contributed by atoms with Gasteiger partial charge in [-0.2, -0.15) is 0 Å². The summed E-state index contributed by atoms with van der Waals surface area (Å²) in [5.74, 6) is -2.00. The molecule has 3 fully saturated rings. The second-order valence-electron chi connectivity index (χ2n) is 10.8. The van der Waals surface area contributed by atoms with Gasteiger partial charge in [-0.3, -0.25) is 14.4 Å². The topological polar surface area (TPSA) is 90.4 Å². The number of likely N-dealkylation sites (tertiary alicyclic amines) is 1. The summed E-state index contributed by atoms with van der Waals surface area (Å²) in [6.45, 7) is 18.2. The quantitative estimate of drug-likeness (QED) is 0.488. The van der Waals surface area contributed by atoms with Crippen molar-refractivity contribution in [1.29, 1.82) is 0 Å². The van der Waals surface area contributed by atoms with Gasteiger partial charge in [-0.05, 0) is 47.0 Å². The minimum atomic E-state index is -1.07. The zero-order valence-electron chi connectivity index (χ0n) is 21.3. The second kappa shape index (κ2) is 9.82. The number of fused-ring (bicyclic) bond motifs is 1. The molecule has 3 amide bonds. The van der Waals surface area contributed by atoms with Gasteiger partial charge >= 0.3 is 0 Å². The molecular weight excluding hydrogens is 434 g/mol. The Bertz CT molecular complexity index is 837. The van der Waals surface area contributed by atoms with Crippen molar-refractivity contribution < 1.29 is 24.2 Å². The minimum absolute atomic E-state index is 0.116. The van der Waals surface area contributed by atoms with Crippen LogP contribution in [0.1, 0.15) is 53.9 Å². The summed E-state index contributed by atoms with van der Waals surface area (Å²) in [5.41, 5.74) is -1.58. The maximum Gasteiger partial charge on any atom is 0.249 e. The molecule has 2 unspecified atom stereocenters. The predicted octanol–water partition coefficient (Wildman–Crippen LogP) is 1.98. The van der Waals surface area contributed by atoms with Crippen LogP contribution >= 0.6 is 0 Å². The van der Waals surface area contributed by atoms with Gasteiger partial charge in [0.25, 0.3) is 0 Å². The first-order valence-electron chi connectivity index (χ1n) is 12.4. The van der Waals surface area contributed by atoms with E-state index in [2.05, 4.69) is 13.2 Å². The van der Waals surface area contributed by atoms with E-state index in [1.807, 2.05) is 27.7 Å². The van der Waals surface area contributed by atoms with Crippen molar-refractivity contribution in [2.45, 2.75) is 83.2 Å². The lowest BCUT2D eigenvalue weighted by Crippen LogP contribution is -2.61. The van der Waals surface area contributed by atoms with E-state index >= 15 is 0 Å². The number of aliphatic hydroxyl groups is 1. The number of hydrogen-bond acceptors (Lipinski definition) is 5. The van der Waals surface area contributed by atoms with Gasteiger partial charge in [-0.1, -0.05) is 19.1 Å². The molecule has 0 aromatic heterocycles. The summed E-state index contributed by atoms with van der Waals surface area (Å²) >= 11 is 0. The van der Waals surface area contributed by atoms with Crippen LogP contribution < -0.4 is 0 Å². The van der Waals surface area contributed by atoms with Crippen LogP contribution in [0, 0.1) is 11.8 Å². The van der Waals surface area contributed by atoms with Gasteiger partial charge in [-0.15, -0.1) is 13.2 Å². The number of nitrogens with zero attached hydrogens (tertiary/aromatic N) is 3. The summed E-state index contributed by atoms with van der Waals surface area (Å²) in [6.07, 6.45) is 4.91. The van der Waals surface area contributed by atoms with Gasteiger partial charge in [0.1, 0.15) is 11.6 Å².